The summed E-state index contributed by atoms with van der Waals surface area (Å²) in [5.74, 6) is 0. The van der Waals surface area contributed by atoms with Crippen LogP contribution in [0.2, 0.25) is 0 Å². The molecule has 2 radical (unpaired) electrons. The summed E-state index contributed by atoms with van der Waals surface area (Å²) in [6.07, 6.45) is 5.13. The first kappa shape index (κ1) is 7.92. The second-order valence-electron chi connectivity index (χ2n) is 2.61. The van der Waals surface area contributed by atoms with Gasteiger partial charge in [-0.3, -0.25) is 4.98 Å². The minimum Gasteiger partial charge on any atom is -0.265 e. The van der Waals surface area contributed by atoms with E-state index in [1.165, 1.54) is 0 Å². The fraction of sp³-hybridized carbons (Fsp3) is 0. The van der Waals surface area contributed by atoms with Gasteiger partial charge in [0.25, 0.3) is 0 Å². The first-order valence-electron chi connectivity index (χ1n) is 3.85. The third-order valence-corrected chi connectivity index (χ3v) is 1.69. The molecule has 0 spiro atoms. The highest BCUT2D eigenvalue weighted by molar-refractivity contribution is 6.30. The SMILES string of the molecule is [B]c1cc(-c2ccncc2)cnn1. The average Bonchev–Trinajstić information content (AvgIpc) is 2.19. The number of nitrogens with zero attached hydrogens (tertiary/aromatic N) is 3. The number of hydrogen-bond donors (Lipinski definition) is 0. The molecule has 60 valence electrons. The third-order valence-electron chi connectivity index (χ3n) is 1.69. The summed E-state index contributed by atoms with van der Waals surface area (Å²) in [4.78, 5) is 3.93. The lowest BCUT2D eigenvalue weighted by Gasteiger charge is -1.99. The van der Waals surface area contributed by atoms with E-state index in [1.807, 2.05) is 12.1 Å². The van der Waals surface area contributed by atoms with E-state index >= 15 is 0 Å². The van der Waals surface area contributed by atoms with Crippen LogP contribution >= 0.6 is 0 Å². The molecule has 0 atom stereocenters. The summed E-state index contributed by atoms with van der Waals surface area (Å²) >= 11 is 0. The third kappa shape index (κ3) is 1.72. The molecule has 2 rings (SSSR count). The van der Waals surface area contributed by atoms with E-state index in [4.69, 9.17) is 7.85 Å². The Hall–Kier alpha value is -1.71. The second kappa shape index (κ2) is 3.35. The van der Waals surface area contributed by atoms with E-state index in [2.05, 4.69) is 15.2 Å². The Labute approximate surface area is 77.3 Å². The topological polar surface area (TPSA) is 38.7 Å². The van der Waals surface area contributed by atoms with Crippen LogP contribution in [-0.4, -0.2) is 23.0 Å². The maximum atomic E-state index is 5.51. The van der Waals surface area contributed by atoms with Crippen LogP contribution in [0.1, 0.15) is 0 Å². The standard InChI is InChI=1S/C9H6BN3/c10-9-5-8(6-12-13-9)7-1-3-11-4-2-7/h1-6H. The maximum absolute atomic E-state index is 5.51. The lowest BCUT2D eigenvalue weighted by atomic mass is 10.0. The largest absolute Gasteiger partial charge is 0.265 e. The summed E-state index contributed by atoms with van der Waals surface area (Å²) < 4.78 is 0. The van der Waals surface area contributed by atoms with Crippen molar-refractivity contribution in [3.63, 3.8) is 0 Å². The number of pyridine rings is 1. The van der Waals surface area contributed by atoms with Gasteiger partial charge in [0.05, 0.1) is 6.20 Å². The van der Waals surface area contributed by atoms with Gasteiger partial charge in [0.2, 0.25) is 0 Å². The number of hydrogen-bond acceptors (Lipinski definition) is 3. The van der Waals surface area contributed by atoms with Crippen LogP contribution in [-0.2, 0) is 0 Å². The minimum absolute atomic E-state index is 0.425. The zero-order valence-electron chi connectivity index (χ0n) is 6.88. The minimum atomic E-state index is 0.425. The fourth-order valence-corrected chi connectivity index (χ4v) is 1.09. The molecule has 13 heavy (non-hydrogen) atoms. The summed E-state index contributed by atoms with van der Waals surface area (Å²) in [6.45, 7) is 0. The molecule has 4 heteroatoms. The predicted octanol–water partition coefficient (Wildman–Crippen LogP) is 0.332. The Morgan fingerprint density at radius 3 is 2.54 bits per heavy atom. The monoisotopic (exact) mass is 167 g/mol. The maximum Gasteiger partial charge on any atom is 0.144 e. The lowest BCUT2D eigenvalue weighted by Crippen LogP contribution is -2.09. The number of rotatable bonds is 1. The van der Waals surface area contributed by atoms with E-state index < -0.39 is 0 Å². The molecular weight excluding hydrogens is 161 g/mol. The van der Waals surface area contributed by atoms with Crippen LogP contribution in [0.5, 0.6) is 0 Å². The van der Waals surface area contributed by atoms with E-state index in [0.717, 1.165) is 11.1 Å². The molecule has 0 aromatic carbocycles. The Morgan fingerprint density at radius 1 is 1.08 bits per heavy atom. The Kier molecular flexibility index (Phi) is 2.04. The zero-order chi connectivity index (χ0) is 9.10. The Bertz CT molecular complexity index is 403. The summed E-state index contributed by atoms with van der Waals surface area (Å²) in [5.41, 5.74) is 2.42. The summed E-state index contributed by atoms with van der Waals surface area (Å²) in [7, 11) is 5.51. The molecule has 0 saturated carbocycles. The van der Waals surface area contributed by atoms with E-state index in [9.17, 15) is 0 Å². The van der Waals surface area contributed by atoms with Crippen molar-refractivity contribution < 1.29 is 0 Å². The molecular formula is C9H6BN3. The molecule has 3 nitrogen and oxygen atoms in total. The van der Waals surface area contributed by atoms with Gasteiger partial charge in [0.1, 0.15) is 7.85 Å². The van der Waals surface area contributed by atoms with Gasteiger partial charge in [-0.25, -0.2) is 0 Å². The van der Waals surface area contributed by atoms with Gasteiger partial charge in [-0.15, -0.1) is 0 Å². The van der Waals surface area contributed by atoms with Crippen molar-refractivity contribution in [2.24, 2.45) is 0 Å². The number of aromatic nitrogens is 3. The van der Waals surface area contributed by atoms with Gasteiger partial charge in [-0.2, -0.15) is 10.2 Å². The van der Waals surface area contributed by atoms with Gasteiger partial charge in [-0.1, -0.05) is 0 Å². The lowest BCUT2D eigenvalue weighted by molar-refractivity contribution is 1.06. The molecule has 0 aliphatic rings. The average molecular weight is 167 g/mol. The summed E-state index contributed by atoms with van der Waals surface area (Å²) in [6, 6.07) is 5.58. The zero-order valence-corrected chi connectivity index (χ0v) is 6.88. The molecule has 2 aromatic rings. The molecule has 0 fully saturated rings. The molecule has 2 aromatic heterocycles. The van der Waals surface area contributed by atoms with Gasteiger partial charge in [0.15, 0.2) is 0 Å². The highest BCUT2D eigenvalue weighted by Crippen LogP contribution is 2.14. The van der Waals surface area contributed by atoms with Crippen LogP contribution in [0.3, 0.4) is 0 Å². The van der Waals surface area contributed by atoms with Crippen molar-refractivity contribution in [1.82, 2.24) is 15.2 Å². The molecule has 0 amide bonds. The molecule has 0 unspecified atom stereocenters. The van der Waals surface area contributed by atoms with Crippen molar-refractivity contribution in [2.45, 2.75) is 0 Å². The van der Waals surface area contributed by atoms with Crippen LogP contribution in [0, 0.1) is 0 Å². The van der Waals surface area contributed by atoms with Crippen LogP contribution in [0.4, 0.5) is 0 Å². The molecule has 0 N–H and O–H groups in total. The highest BCUT2D eigenvalue weighted by Gasteiger charge is 1.96. The second-order valence-corrected chi connectivity index (χ2v) is 2.61. The smallest absolute Gasteiger partial charge is 0.144 e. The van der Waals surface area contributed by atoms with Crippen LogP contribution < -0.4 is 5.59 Å². The van der Waals surface area contributed by atoms with Gasteiger partial charge in [-0.05, 0) is 23.8 Å². The Balaban J connectivity index is 2.48. The highest BCUT2D eigenvalue weighted by atomic mass is 15.1. The molecule has 0 saturated heterocycles. The van der Waals surface area contributed by atoms with Gasteiger partial charge in [0, 0.05) is 23.6 Å². The van der Waals surface area contributed by atoms with E-state index in [-0.39, 0.29) is 0 Å². The van der Waals surface area contributed by atoms with Crippen LogP contribution in [0.15, 0.2) is 36.8 Å². The van der Waals surface area contributed by atoms with E-state index in [0.29, 0.717) is 5.59 Å². The predicted molar refractivity (Wildman–Crippen MR) is 50.7 cm³/mol. The summed E-state index contributed by atoms with van der Waals surface area (Å²) in [5, 5.41) is 7.44. The molecule has 0 aliphatic carbocycles. The van der Waals surface area contributed by atoms with E-state index in [1.54, 1.807) is 24.7 Å². The quantitative estimate of drug-likeness (QED) is 0.574. The van der Waals surface area contributed by atoms with Crippen molar-refractivity contribution in [3.05, 3.63) is 36.8 Å². The van der Waals surface area contributed by atoms with Crippen LogP contribution in [0.25, 0.3) is 11.1 Å². The van der Waals surface area contributed by atoms with Crippen molar-refractivity contribution in [2.75, 3.05) is 0 Å². The Morgan fingerprint density at radius 2 is 1.85 bits per heavy atom. The first-order valence-corrected chi connectivity index (χ1v) is 3.85. The van der Waals surface area contributed by atoms with Crippen molar-refractivity contribution >= 4 is 13.4 Å². The molecule has 0 aliphatic heterocycles. The van der Waals surface area contributed by atoms with Crippen molar-refractivity contribution in [1.29, 1.82) is 0 Å². The molecule has 0 bridgehead atoms. The normalized spacial score (nSPS) is 9.85. The van der Waals surface area contributed by atoms with Crippen molar-refractivity contribution in [3.8, 4) is 11.1 Å². The first-order chi connectivity index (χ1) is 6.36. The van der Waals surface area contributed by atoms with Gasteiger partial charge >= 0.3 is 0 Å². The van der Waals surface area contributed by atoms with Gasteiger partial charge < -0.3 is 0 Å². The molecule has 2 heterocycles. The fourth-order valence-electron chi connectivity index (χ4n) is 1.09.